The molecule has 0 amide bonds. The highest BCUT2D eigenvalue weighted by Gasteiger charge is 2.49. The molecule has 0 atom stereocenters. The Balaban J connectivity index is 1.98. The van der Waals surface area contributed by atoms with Gasteiger partial charge in [-0.15, -0.1) is 0 Å². The van der Waals surface area contributed by atoms with Crippen molar-refractivity contribution in [3.05, 3.63) is 43.8 Å². The first kappa shape index (κ1) is 29.6. The van der Waals surface area contributed by atoms with Gasteiger partial charge >= 0.3 is 5.97 Å². The maximum atomic E-state index is 13.9. The molecule has 1 N–H and O–H groups in total. The topological polar surface area (TPSA) is 93.1 Å². The van der Waals surface area contributed by atoms with Crippen LogP contribution in [-0.2, 0) is 14.4 Å². The maximum Gasteiger partial charge on any atom is 0.305 e. The Morgan fingerprint density at radius 3 is 2.03 bits per heavy atom. The Labute approximate surface area is 245 Å². The quantitative estimate of drug-likeness (QED) is 0.300. The van der Waals surface area contributed by atoms with E-state index in [1.807, 2.05) is 30.9 Å². The van der Waals surface area contributed by atoms with Crippen molar-refractivity contribution in [1.82, 2.24) is 4.90 Å². The van der Waals surface area contributed by atoms with Gasteiger partial charge in [-0.25, -0.2) is 0 Å². The van der Waals surface area contributed by atoms with Crippen LogP contribution in [0.15, 0.2) is 34.7 Å². The first-order valence-corrected chi connectivity index (χ1v) is 15.0. The molecule has 0 fully saturated rings. The van der Waals surface area contributed by atoms with E-state index in [2.05, 4.69) is 50.3 Å². The highest BCUT2D eigenvalue weighted by molar-refractivity contribution is 14.1. The van der Waals surface area contributed by atoms with E-state index < -0.39 is 11.9 Å². The van der Waals surface area contributed by atoms with E-state index >= 15 is 0 Å². The standard InChI is InChI=1S/C31H40INO6/c1-7-11-39-29-19(32)12-18(13-24(29)38-8-2)26-27-20(14-30(3,4)16-22(27)34)33(10-9-25(36)37)21-15-31(5,6)17-23(35)28(21)26/h12-13,26H,7-11,14-17H2,1-6H3,(H,36,37). The van der Waals surface area contributed by atoms with Crippen molar-refractivity contribution in [3.8, 4) is 11.5 Å². The summed E-state index contributed by atoms with van der Waals surface area (Å²) in [6.45, 7) is 13.5. The molecule has 39 heavy (non-hydrogen) atoms. The average Bonchev–Trinajstić information content (AvgIpc) is 2.80. The van der Waals surface area contributed by atoms with E-state index in [-0.39, 0.29) is 35.4 Å². The predicted molar refractivity (Wildman–Crippen MR) is 158 cm³/mol. The number of carbonyl (C=O) groups excluding carboxylic acids is 2. The Morgan fingerprint density at radius 2 is 1.54 bits per heavy atom. The van der Waals surface area contributed by atoms with Crippen LogP contribution in [-0.4, -0.2) is 47.3 Å². The second kappa shape index (κ2) is 11.3. The summed E-state index contributed by atoms with van der Waals surface area (Å²) < 4.78 is 12.9. The van der Waals surface area contributed by atoms with Crippen LogP contribution in [0.4, 0.5) is 0 Å². The van der Waals surface area contributed by atoms with Crippen LogP contribution in [0.25, 0.3) is 0 Å². The Hall–Kier alpha value is -2.36. The highest BCUT2D eigenvalue weighted by atomic mass is 127. The van der Waals surface area contributed by atoms with Crippen LogP contribution < -0.4 is 9.47 Å². The number of carboxylic acid groups (broad SMARTS) is 1. The van der Waals surface area contributed by atoms with Crippen LogP contribution in [0.5, 0.6) is 11.5 Å². The van der Waals surface area contributed by atoms with Gasteiger partial charge in [0.05, 0.1) is 23.2 Å². The zero-order chi connectivity index (χ0) is 28.7. The summed E-state index contributed by atoms with van der Waals surface area (Å²) in [6.07, 6.45) is 2.83. The Kier molecular flexibility index (Phi) is 8.55. The van der Waals surface area contributed by atoms with Gasteiger partial charge in [-0.3, -0.25) is 14.4 Å². The highest BCUT2D eigenvalue weighted by Crippen LogP contribution is 2.55. The lowest BCUT2D eigenvalue weighted by Gasteiger charge is -2.49. The Bertz CT molecular complexity index is 1200. The molecule has 0 unspecified atom stereocenters. The molecular formula is C31H40INO6. The molecular weight excluding hydrogens is 609 g/mol. The van der Waals surface area contributed by atoms with Crippen LogP contribution >= 0.6 is 22.6 Å². The number of carbonyl (C=O) groups is 3. The van der Waals surface area contributed by atoms with Gasteiger partial charge < -0.3 is 19.5 Å². The van der Waals surface area contributed by atoms with Crippen LogP contribution in [0.1, 0.15) is 91.5 Å². The SMILES string of the molecule is CCCOc1c(I)cc(C2C3=C(CC(C)(C)CC3=O)N(CCC(=O)O)C3=C2C(=O)CC(C)(C)C3)cc1OCC. The van der Waals surface area contributed by atoms with Crippen molar-refractivity contribution in [3.63, 3.8) is 0 Å². The van der Waals surface area contributed by atoms with Gasteiger partial charge in [-0.1, -0.05) is 34.6 Å². The number of aliphatic carboxylic acids is 1. The molecule has 7 nitrogen and oxygen atoms in total. The van der Waals surface area contributed by atoms with Gasteiger partial charge in [0.1, 0.15) is 0 Å². The molecule has 1 aliphatic heterocycles. The molecule has 4 rings (SSSR count). The van der Waals surface area contributed by atoms with Gasteiger partial charge in [-0.2, -0.15) is 0 Å². The minimum Gasteiger partial charge on any atom is -0.490 e. The number of Topliss-reactive ketones (excluding diaryl/α,β-unsaturated/α-hetero) is 2. The number of ether oxygens (including phenoxy) is 2. The lowest BCUT2D eigenvalue weighted by atomic mass is 9.63. The van der Waals surface area contributed by atoms with Crippen molar-refractivity contribution in [2.45, 2.75) is 86.0 Å². The lowest BCUT2D eigenvalue weighted by Crippen LogP contribution is -2.45. The number of halogens is 1. The van der Waals surface area contributed by atoms with E-state index in [1.54, 1.807) is 0 Å². The van der Waals surface area contributed by atoms with Gasteiger partial charge in [-0.05, 0) is 77.3 Å². The summed E-state index contributed by atoms with van der Waals surface area (Å²) in [7, 11) is 0. The smallest absolute Gasteiger partial charge is 0.305 e. The van der Waals surface area contributed by atoms with Crippen molar-refractivity contribution < 1.29 is 29.0 Å². The number of benzene rings is 1. The molecule has 3 aliphatic rings. The first-order valence-electron chi connectivity index (χ1n) is 13.9. The van der Waals surface area contributed by atoms with Crippen molar-refractivity contribution in [1.29, 1.82) is 0 Å². The monoisotopic (exact) mass is 649 g/mol. The van der Waals surface area contributed by atoms with Crippen LogP contribution in [0.3, 0.4) is 0 Å². The fraction of sp³-hybridized carbons (Fsp3) is 0.581. The van der Waals surface area contributed by atoms with Crippen molar-refractivity contribution >= 4 is 40.1 Å². The number of ketones is 2. The molecule has 8 heteroatoms. The fourth-order valence-corrected chi connectivity index (χ4v) is 7.00. The van der Waals surface area contributed by atoms with Gasteiger partial charge in [0.25, 0.3) is 0 Å². The van der Waals surface area contributed by atoms with E-state index in [0.29, 0.717) is 61.5 Å². The van der Waals surface area contributed by atoms with Gasteiger partial charge in [0.2, 0.25) is 0 Å². The van der Waals surface area contributed by atoms with Crippen molar-refractivity contribution in [2.75, 3.05) is 19.8 Å². The van der Waals surface area contributed by atoms with Gasteiger partial charge in [0.15, 0.2) is 23.1 Å². The number of hydrogen-bond acceptors (Lipinski definition) is 6. The van der Waals surface area contributed by atoms with Crippen molar-refractivity contribution in [2.24, 2.45) is 10.8 Å². The van der Waals surface area contributed by atoms with Gasteiger partial charge in [0, 0.05) is 47.8 Å². The molecule has 1 aromatic rings. The number of hydrogen-bond donors (Lipinski definition) is 1. The summed E-state index contributed by atoms with van der Waals surface area (Å²) in [5, 5.41) is 9.56. The Morgan fingerprint density at radius 1 is 0.974 bits per heavy atom. The zero-order valence-corrected chi connectivity index (χ0v) is 26.1. The molecule has 0 saturated heterocycles. The fourth-order valence-electron chi connectivity index (χ4n) is 6.22. The summed E-state index contributed by atoms with van der Waals surface area (Å²) in [5.74, 6) is -0.0840. The second-order valence-electron chi connectivity index (χ2n) is 12.4. The first-order chi connectivity index (χ1) is 18.3. The number of carboxylic acids is 1. The summed E-state index contributed by atoms with van der Waals surface area (Å²) in [5.41, 5.74) is 3.30. The zero-order valence-electron chi connectivity index (χ0n) is 23.9. The largest absolute Gasteiger partial charge is 0.490 e. The molecule has 0 radical (unpaired) electrons. The minimum absolute atomic E-state index is 0.0232. The third-order valence-electron chi connectivity index (χ3n) is 7.69. The second-order valence-corrected chi connectivity index (χ2v) is 13.6. The van der Waals surface area contributed by atoms with E-state index in [1.165, 1.54) is 0 Å². The summed E-state index contributed by atoms with van der Waals surface area (Å²) >= 11 is 2.25. The number of nitrogens with zero attached hydrogens (tertiary/aromatic N) is 1. The van der Waals surface area contributed by atoms with E-state index in [9.17, 15) is 19.5 Å². The molecule has 212 valence electrons. The average molecular weight is 650 g/mol. The molecule has 0 bridgehead atoms. The molecule has 1 heterocycles. The maximum absolute atomic E-state index is 13.9. The molecule has 0 spiro atoms. The minimum atomic E-state index is -0.900. The molecule has 2 aliphatic carbocycles. The lowest BCUT2D eigenvalue weighted by molar-refractivity contribution is -0.137. The summed E-state index contributed by atoms with van der Waals surface area (Å²) in [6, 6.07) is 3.95. The molecule has 0 saturated carbocycles. The normalized spacial score (nSPS) is 20.6. The molecule has 1 aromatic carbocycles. The van der Waals surface area contributed by atoms with E-state index in [4.69, 9.17) is 9.47 Å². The third kappa shape index (κ3) is 6.05. The van der Waals surface area contributed by atoms with E-state index in [0.717, 1.165) is 26.9 Å². The predicted octanol–water partition coefficient (Wildman–Crippen LogP) is 6.64. The molecule has 0 aromatic heterocycles. The summed E-state index contributed by atoms with van der Waals surface area (Å²) in [4.78, 5) is 41.5. The number of allylic oxidation sites excluding steroid dienone is 4. The number of rotatable bonds is 9. The third-order valence-corrected chi connectivity index (χ3v) is 8.49. The van der Waals surface area contributed by atoms with Crippen LogP contribution in [0.2, 0.25) is 0 Å². The van der Waals surface area contributed by atoms with Crippen LogP contribution in [0, 0.1) is 14.4 Å².